The van der Waals surface area contributed by atoms with Crippen molar-refractivity contribution in [1.29, 1.82) is 0 Å². The van der Waals surface area contributed by atoms with E-state index in [2.05, 4.69) is 16.7 Å². The molecule has 2 aromatic carbocycles. The van der Waals surface area contributed by atoms with Crippen LogP contribution in [-0.2, 0) is 4.79 Å². The molecule has 1 aliphatic heterocycles. The lowest BCUT2D eigenvalue weighted by Gasteiger charge is -2.57. The topological polar surface area (TPSA) is 61.4 Å². The maximum atomic E-state index is 13.1. The Morgan fingerprint density at radius 1 is 0.906 bits per heavy atom. The number of nitrogens with zero attached hydrogens (tertiary/aromatic N) is 1. The number of para-hydroxylation sites is 2. The third-order valence-corrected chi connectivity index (χ3v) is 8.11. The lowest BCUT2D eigenvalue weighted by atomic mass is 9.53. The molecular formula is C27H31N3O2. The number of rotatable bonds is 5. The van der Waals surface area contributed by atoms with Gasteiger partial charge in [-0.25, -0.2) is 0 Å². The zero-order valence-corrected chi connectivity index (χ0v) is 18.5. The zero-order valence-electron chi connectivity index (χ0n) is 18.5. The summed E-state index contributed by atoms with van der Waals surface area (Å²) in [4.78, 5) is 27.0. The molecule has 4 saturated carbocycles. The van der Waals surface area contributed by atoms with Gasteiger partial charge in [-0.3, -0.25) is 9.59 Å². The zero-order chi connectivity index (χ0) is 21.7. The fraction of sp³-hybridized carbons (Fsp3) is 0.481. The van der Waals surface area contributed by atoms with E-state index in [9.17, 15) is 9.59 Å². The van der Waals surface area contributed by atoms with Crippen LogP contribution in [0.2, 0.25) is 0 Å². The van der Waals surface area contributed by atoms with Crippen LogP contribution in [0, 0.1) is 17.8 Å². The first-order chi connectivity index (χ1) is 15.6. The summed E-state index contributed by atoms with van der Waals surface area (Å²) in [5.74, 6) is 2.59. The number of nitrogens with one attached hydrogen (secondary N) is 2. The second-order valence-corrected chi connectivity index (χ2v) is 10.5. The molecule has 2 amide bonds. The van der Waals surface area contributed by atoms with Gasteiger partial charge in [-0.1, -0.05) is 18.2 Å². The van der Waals surface area contributed by atoms with E-state index in [0.29, 0.717) is 12.0 Å². The van der Waals surface area contributed by atoms with Crippen molar-refractivity contribution in [2.75, 3.05) is 22.1 Å². The third kappa shape index (κ3) is 3.58. The highest BCUT2D eigenvalue weighted by atomic mass is 16.2. The smallest absolute Gasteiger partial charge is 0.255 e. The Bertz CT molecular complexity index is 1030. The van der Waals surface area contributed by atoms with Crippen LogP contribution in [0.1, 0.15) is 61.7 Å². The minimum atomic E-state index is -0.141. The van der Waals surface area contributed by atoms with E-state index in [1.165, 1.54) is 38.5 Å². The first-order valence-electron chi connectivity index (χ1n) is 12.2. The van der Waals surface area contributed by atoms with E-state index < -0.39 is 0 Å². The van der Waals surface area contributed by atoms with E-state index >= 15 is 0 Å². The van der Waals surface area contributed by atoms with Gasteiger partial charge in [0.15, 0.2) is 0 Å². The molecule has 166 valence electrons. The highest BCUT2D eigenvalue weighted by Crippen LogP contribution is 2.56. The lowest BCUT2D eigenvalue weighted by molar-refractivity contribution is -0.117. The van der Waals surface area contributed by atoms with Crippen LogP contribution in [0.25, 0.3) is 0 Å². The van der Waals surface area contributed by atoms with Crippen molar-refractivity contribution in [1.82, 2.24) is 0 Å². The fourth-order valence-electron chi connectivity index (χ4n) is 7.18. The summed E-state index contributed by atoms with van der Waals surface area (Å²) in [6, 6.07) is 15.5. The highest BCUT2D eigenvalue weighted by Gasteiger charge is 2.51. The molecule has 7 rings (SSSR count). The van der Waals surface area contributed by atoms with Crippen LogP contribution < -0.4 is 15.5 Å². The second-order valence-electron chi connectivity index (χ2n) is 10.5. The van der Waals surface area contributed by atoms with Gasteiger partial charge in [0.2, 0.25) is 5.91 Å². The largest absolute Gasteiger partial charge is 0.378 e. The van der Waals surface area contributed by atoms with Crippen molar-refractivity contribution >= 4 is 28.9 Å². The monoisotopic (exact) mass is 429 g/mol. The quantitative estimate of drug-likeness (QED) is 0.665. The Labute approximate surface area is 189 Å². The van der Waals surface area contributed by atoms with Crippen LogP contribution >= 0.6 is 0 Å². The van der Waals surface area contributed by atoms with Crippen molar-refractivity contribution in [2.24, 2.45) is 17.8 Å². The summed E-state index contributed by atoms with van der Waals surface area (Å²) in [6.45, 7) is 0.724. The molecule has 4 bridgehead atoms. The first-order valence-corrected chi connectivity index (χ1v) is 12.2. The Morgan fingerprint density at radius 3 is 2.25 bits per heavy atom. The van der Waals surface area contributed by atoms with Gasteiger partial charge in [0.05, 0.1) is 11.4 Å². The SMILES string of the molecule is O=C(Nc1ccccc1NC12CC3CC(CC(C3)C1)C2)c1cccc(N2CCCC2=O)c1. The van der Waals surface area contributed by atoms with E-state index in [1.54, 1.807) is 4.90 Å². The van der Waals surface area contributed by atoms with Gasteiger partial charge in [0.1, 0.15) is 0 Å². The van der Waals surface area contributed by atoms with Crippen LogP contribution in [0.4, 0.5) is 17.1 Å². The molecule has 0 atom stereocenters. The number of hydrogen-bond donors (Lipinski definition) is 2. The Kier molecular flexibility index (Phi) is 4.74. The number of carbonyl (C=O) groups is 2. The molecule has 2 N–H and O–H groups in total. The standard InChI is InChI=1S/C27H31N3O2/c31-25-9-4-10-30(25)22-6-3-5-21(14-22)26(32)28-23-7-1-2-8-24(23)29-27-15-18-11-19(16-27)13-20(12-18)17-27/h1-3,5-8,14,18-20,29H,4,9-13,15-17H2,(H,28,32). The van der Waals surface area contributed by atoms with Crippen molar-refractivity contribution < 1.29 is 9.59 Å². The van der Waals surface area contributed by atoms with Gasteiger partial charge in [-0.2, -0.15) is 0 Å². The number of amides is 2. The molecule has 0 unspecified atom stereocenters. The molecule has 5 fully saturated rings. The van der Waals surface area contributed by atoms with Crippen LogP contribution in [-0.4, -0.2) is 23.9 Å². The molecule has 5 heteroatoms. The maximum Gasteiger partial charge on any atom is 0.255 e. The Hall–Kier alpha value is -2.82. The average Bonchev–Trinajstić information content (AvgIpc) is 3.20. The van der Waals surface area contributed by atoms with Gasteiger partial charge in [0, 0.05) is 29.8 Å². The number of hydrogen-bond acceptors (Lipinski definition) is 3. The average molecular weight is 430 g/mol. The molecule has 4 aliphatic carbocycles. The summed E-state index contributed by atoms with van der Waals surface area (Å²) in [7, 11) is 0. The number of anilines is 3. The number of carbonyl (C=O) groups excluding carboxylic acids is 2. The van der Waals surface area contributed by atoms with E-state index in [1.807, 2.05) is 42.5 Å². The maximum absolute atomic E-state index is 13.1. The third-order valence-electron chi connectivity index (χ3n) is 8.11. The van der Waals surface area contributed by atoms with Crippen LogP contribution in [0.3, 0.4) is 0 Å². The van der Waals surface area contributed by atoms with Gasteiger partial charge < -0.3 is 15.5 Å². The molecule has 5 nitrogen and oxygen atoms in total. The van der Waals surface area contributed by atoms with Crippen LogP contribution in [0.15, 0.2) is 48.5 Å². The van der Waals surface area contributed by atoms with E-state index in [-0.39, 0.29) is 17.4 Å². The molecule has 32 heavy (non-hydrogen) atoms. The Balaban J connectivity index is 1.21. The first kappa shape index (κ1) is 19.8. The predicted molar refractivity (Wildman–Crippen MR) is 127 cm³/mol. The predicted octanol–water partition coefficient (Wildman–Crippen LogP) is 5.45. The second kappa shape index (κ2) is 7.65. The molecular weight excluding hydrogens is 398 g/mol. The fourth-order valence-corrected chi connectivity index (χ4v) is 7.18. The summed E-state index contributed by atoms with van der Waals surface area (Å²) in [5.41, 5.74) is 3.42. The van der Waals surface area contributed by atoms with E-state index in [0.717, 1.165) is 47.8 Å². The Morgan fingerprint density at radius 2 is 1.59 bits per heavy atom. The van der Waals surface area contributed by atoms with Crippen molar-refractivity contribution in [2.45, 2.75) is 56.9 Å². The normalized spacial score (nSPS) is 30.6. The van der Waals surface area contributed by atoms with Crippen molar-refractivity contribution in [3.8, 4) is 0 Å². The van der Waals surface area contributed by atoms with Crippen LogP contribution in [0.5, 0.6) is 0 Å². The molecule has 0 radical (unpaired) electrons. The molecule has 5 aliphatic rings. The van der Waals surface area contributed by atoms with Crippen molar-refractivity contribution in [3.05, 3.63) is 54.1 Å². The summed E-state index contributed by atoms with van der Waals surface area (Å²) in [6.07, 6.45) is 9.46. The summed E-state index contributed by atoms with van der Waals surface area (Å²) in [5, 5.41) is 7.04. The molecule has 0 aromatic heterocycles. The highest BCUT2D eigenvalue weighted by molar-refractivity contribution is 6.07. The molecule has 1 heterocycles. The minimum Gasteiger partial charge on any atom is -0.378 e. The molecule has 2 aromatic rings. The van der Waals surface area contributed by atoms with Crippen molar-refractivity contribution in [3.63, 3.8) is 0 Å². The van der Waals surface area contributed by atoms with Gasteiger partial charge >= 0.3 is 0 Å². The van der Waals surface area contributed by atoms with Gasteiger partial charge in [0.25, 0.3) is 5.91 Å². The number of benzene rings is 2. The summed E-state index contributed by atoms with van der Waals surface area (Å²) < 4.78 is 0. The molecule has 0 spiro atoms. The van der Waals surface area contributed by atoms with Gasteiger partial charge in [-0.15, -0.1) is 0 Å². The lowest BCUT2D eigenvalue weighted by Crippen LogP contribution is -2.54. The van der Waals surface area contributed by atoms with E-state index in [4.69, 9.17) is 0 Å². The van der Waals surface area contributed by atoms with Gasteiger partial charge in [-0.05, 0) is 93.0 Å². The molecule has 1 saturated heterocycles. The minimum absolute atomic E-state index is 0.132. The summed E-state index contributed by atoms with van der Waals surface area (Å²) >= 11 is 0.